The molecule has 1 amide bonds. The van der Waals surface area contributed by atoms with Crippen molar-refractivity contribution in [2.75, 3.05) is 10.0 Å². The maximum atomic E-state index is 12.7. The van der Waals surface area contributed by atoms with Crippen molar-refractivity contribution < 1.29 is 22.7 Å². The smallest absolute Gasteiger partial charge is 0.338 e. The molecular weight excluding hydrogens is 546 g/mol. The lowest BCUT2D eigenvalue weighted by Crippen LogP contribution is -2.30. The van der Waals surface area contributed by atoms with Crippen molar-refractivity contribution >= 4 is 79.7 Å². The lowest BCUT2D eigenvalue weighted by Gasteiger charge is -2.15. The van der Waals surface area contributed by atoms with Crippen LogP contribution in [-0.2, 0) is 19.6 Å². The van der Waals surface area contributed by atoms with Gasteiger partial charge in [-0.15, -0.1) is 0 Å². The molecule has 0 fully saturated rings. The summed E-state index contributed by atoms with van der Waals surface area (Å²) in [6, 6.07) is 14.3. The Bertz CT molecular complexity index is 1370. The van der Waals surface area contributed by atoms with Crippen LogP contribution in [0.2, 0.25) is 20.1 Å². The minimum absolute atomic E-state index is 0.0119. The molecule has 3 aromatic carbocycles. The third kappa shape index (κ3) is 6.34. The third-order valence-corrected chi connectivity index (χ3v) is 7.31. The molecule has 3 aromatic rings. The second kappa shape index (κ2) is 10.8. The average molecular weight is 562 g/mol. The molecule has 0 aliphatic rings. The van der Waals surface area contributed by atoms with Crippen molar-refractivity contribution in [2.24, 2.45) is 0 Å². The highest BCUT2D eigenvalue weighted by molar-refractivity contribution is 7.92. The molecule has 0 aliphatic heterocycles. The average Bonchev–Trinajstić information content (AvgIpc) is 2.78. The second-order valence-electron chi connectivity index (χ2n) is 6.90. The Morgan fingerprint density at radius 1 is 0.912 bits per heavy atom. The molecule has 0 saturated carbocycles. The van der Waals surface area contributed by atoms with Gasteiger partial charge in [0.15, 0.2) is 6.10 Å². The molecule has 1 atom stereocenters. The standard InChI is InChI=1S/C22H16Cl4N2O5S/c1-12(21(29)27-18-7-3-6-17(25)20(18)26)33-22(30)13-4-2-5-15(10-13)28-34(31,32)19-11-14(23)8-9-16(19)24/h2-12,28H,1H3,(H,27,29). The minimum atomic E-state index is -4.09. The van der Waals surface area contributed by atoms with Gasteiger partial charge in [0, 0.05) is 10.7 Å². The first-order valence-corrected chi connectivity index (χ1v) is 12.5. The number of carbonyl (C=O) groups is 2. The molecule has 0 radical (unpaired) electrons. The van der Waals surface area contributed by atoms with Crippen LogP contribution in [0.1, 0.15) is 17.3 Å². The fourth-order valence-electron chi connectivity index (χ4n) is 2.72. The van der Waals surface area contributed by atoms with Crippen LogP contribution in [0.25, 0.3) is 0 Å². The third-order valence-electron chi connectivity index (χ3n) is 4.40. The minimum Gasteiger partial charge on any atom is -0.449 e. The molecular formula is C22H16Cl4N2O5S. The van der Waals surface area contributed by atoms with E-state index in [1.165, 1.54) is 49.4 Å². The fraction of sp³-hybridized carbons (Fsp3) is 0.0909. The van der Waals surface area contributed by atoms with E-state index in [-0.39, 0.29) is 41.9 Å². The summed E-state index contributed by atoms with van der Waals surface area (Å²) in [5, 5.41) is 3.10. The number of sulfonamides is 1. The summed E-state index contributed by atoms with van der Waals surface area (Å²) in [4.78, 5) is 24.7. The molecule has 0 aromatic heterocycles. The van der Waals surface area contributed by atoms with Crippen LogP contribution < -0.4 is 10.0 Å². The lowest BCUT2D eigenvalue weighted by atomic mass is 10.2. The summed E-state index contributed by atoms with van der Waals surface area (Å²) in [7, 11) is -4.09. The molecule has 12 heteroatoms. The van der Waals surface area contributed by atoms with E-state index in [0.717, 1.165) is 0 Å². The van der Waals surface area contributed by atoms with E-state index in [1.807, 2.05) is 0 Å². The summed E-state index contributed by atoms with van der Waals surface area (Å²) in [6.07, 6.45) is -1.19. The van der Waals surface area contributed by atoms with Gasteiger partial charge in [-0.1, -0.05) is 58.5 Å². The van der Waals surface area contributed by atoms with E-state index in [4.69, 9.17) is 51.1 Å². The van der Waals surface area contributed by atoms with E-state index in [2.05, 4.69) is 10.0 Å². The number of amides is 1. The van der Waals surface area contributed by atoms with E-state index >= 15 is 0 Å². The zero-order valence-corrected chi connectivity index (χ0v) is 21.2. The molecule has 0 spiro atoms. The number of hydrogen-bond acceptors (Lipinski definition) is 5. The number of nitrogens with one attached hydrogen (secondary N) is 2. The molecule has 1 unspecified atom stereocenters. The van der Waals surface area contributed by atoms with Crippen LogP contribution in [0.3, 0.4) is 0 Å². The largest absolute Gasteiger partial charge is 0.449 e. The number of halogens is 4. The number of anilines is 2. The SMILES string of the molecule is CC(OC(=O)c1cccc(NS(=O)(=O)c2cc(Cl)ccc2Cl)c1)C(=O)Nc1cccc(Cl)c1Cl. The van der Waals surface area contributed by atoms with Crippen LogP contribution in [0.5, 0.6) is 0 Å². The van der Waals surface area contributed by atoms with Crippen LogP contribution >= 0.6 is 46.4 Å². The molecule has 2 N–H and O–H groups in total. The van der Waals surface area contributed by atoms with E-state index < -0.39 is 28.0 Å². The Morgan fingerprint density at radius 3 is 2.35 bits per heavy atom. The highest BCUT2D eigenvalue weighted by Crippen LogP contribution is 2.30. The van der Waals surface area contributed by atoms with Crippen LogP contribution in [0, 0.1) is 0 Å². The Labute approximate surface area is 216 Å². The quantitative estimate of drug-likeness (QED) is 0.330. The van der Waals surface area contributed by atoms with E-state index in [9.17, 15) is 18.0 Å². The number of benzene rings is 3. The maximum Gasteiger partial charge on any atom is 0.338 e. The van der Waals surface area contributed by atoms with Crippen molar-refractivity contribution in [1.82, 2.24) is 0 Å². The number of rotatable bonds is 7. The zero-order valence-electron chi connectivity index (χ0n) is 17.3. The molecule has 3 rings (SSSR count). The van der Waals surface area contributed by atoms with Crippen molar-refractivity contribution in [2.45, 2.75) is 17.9 Å². The number of esters is 1. The molecule has 34 heavy (non-hydrogen) atoms. The summed E-state index contributed by atoms with van der Waals surface area (Å²) in [5.41, 5.74) is 0.351. The van der Waals surface area contributed by atoms with Gasteiger partial charge < -0.3 is 10.1 Å². The molecule has 0 heterocycles. The topological polar surface area (TPSA) is 102 Å². The van der Waals surface area contributed by atoms with Crippen LogP contribution in [-0.4, -0.2) is 26.4 Å². The monoisotopic (exact) mass is 560 g/mol. The van der Waals surface area contributed by atoms with Crippen molar-refractivity contribution in [3.8, 4) is 0 Å². The number of ether oxygens (including phenoxy) is 1. The Morgan fingerprint density at radius 2 is 1.62 bits per heavy atom. The summed E-state index contributed by atoms with van der Waals surface area (Å²) in [6.45, 7) is 1.37. The Hall–Kier alpha value is -2.49. The number of carbonyl (C=O) groups excluding carboxylic acids is 2. The first-order chi connectivity index (χ1) is 16.0. The first-order valence-electron chi connectivity index (χ1n) is 9.52. The Kier molecular flexibility index (Phi) is 8.33. The van der Waals surface area contributed by atoms with Gasteiger partial charge in [0.05, 0.1) is 26.3 Å². The number of hydrogen-bond donors (Lipinski definition) is 2. The van der Waals surface area contributed by atoms with Crippen molar-refractivity contribution in [3.05, 3.63) is 86.3 Å². The van der Waals surface area contributed by atoms with Gasteiger partial charge in [-0.25, -0.2) is 13.2 Å². The first kappa shape index (κ1) is 26.1. The van der Waals surface area contributed by atoms with Crippen molar-refractivity contribution in [3.63, 3.8) is 0 Å². The molecule has 0 aliphatic carbocycles. The molecule has 178 valence electrons. The maximum absolute atomic E-state index is 12.7. The zero-order chi connectivity index (χ0) is 25.0. The van der Waals surface area contributed by atoms with E-state index in [0.29, 0.717) is 0 Å². The van der Waals surface area contributed by atoms with Gasteiger partial charge in [-0.05, 0) is 55.5 Å². The van der Waals surface area contributed by atoms with Crippen LogP contribution in [0.4, 0.5) is 11.4 Å². The van der Waals surface area contributed by atoms with Gasteiger partial charge in [-0.3, -0.25) is 9.52 Å². The van der Waals surface area contributed by atoms with Gasteiger partial charge in [0.1, 0.15) is 4.90 Å². The Balaban J connectivity index is 1.71. The predicted molar refractivity (Wildman–Crippen MR) is 134 cm³/mol. The van der Waals surface area contributed by atoms with Gasteiger partial charge in [-0.2, -0.15) is 0 Å². The highest BCUT2D eigenvalue weighted by atomic mass is 35.5. The van der Waals surface area contributed by atoms with Crippen molar-refractivity contribution in [1.29, 1.82) is 0 Å². The van der Waals surface area contributed by atoms with Gasteiger partial charge in [0.25, 0.3) is 15.9 Å². The second-order valence-corrected chi connectivity index (χ2v) is 10.2. The molecule has 7 nitrogen and oxygen atoms in total. The molecule has 0 saturated heterocycles. The fourth-order valence-corrected chi connectivity index (χ4v) is 4.88. The lowest BCUT2D eigenvalue weighted by molar-refractivity contribution is -0.123. The summed E-state index contributed by atoms with van der Waals surface area (Å²) in [5.74, 6) is -1.48. The summed E-state index contributed by atoms with van der Waals surface area (Å²) < 4.78 is 32.9. The van der Waals surface area contributed by atoms with Gasteiger partial charge >= 0.3 is 5.97 Å². The van der Waals surface area contributed by atoms with Crippen LogP contribution in [0.15, 0.2) is 65.6 Å². The highest BCUT2D eigenvalue weighted by Gasteiger charge is 2.22. The van der Waals surface area contributed by atoms with Gasteiger partial charge in [0.2, 0.25) is 0 Å². The summed E-state index contributed by atoms with van der Waals surface area (Å²) >= 11 is 23.8. The van der Waals surface area contributed by atoms with E-state index in [1.54, 1.807) is 18.2 Å². The normalized spacial score (nSPS) is 12.0. The molecule has 0 bridgehead atoms. The predicted octanol–water partition coefficient (Wildman–Crippen LogP) is 6.29.